The molecule has 0 aliphatic heterocycles. The molecule has 4 nitrogen and oxygen atoms in total. The third kappa shape index (κ3) is 5.56. The maximum absolute atomic E-state index is 10.9. The van der Waals surface area contributed by atoms with E-state index in [0.29, 0.717) is 5.57 Å². The maximum atomic E-state index is 10.9. The van der Waals surface area contributed by atoms with Crippen LogP contribution in [0, 0.1) is 0 Å². The second-order valence-corrected chi connectivity index (χ2v) is 6.57. The lowest BCUT2D eigenvalue weighted by Gasteiger charge is -2.19. The van der Waals surface area contributed by atoms with E-state index >= 15 is 0 Å². The molecule has 0 heterocycles. The Morgan fingerprint density at radius 3 is 2.38 bits per heavy atom. The molecule has 13 heavy (non-hydrogen) atoms. The standard InChI is InChI=1S/C8H16O4Si/c1-7(2)8(9)11-6-12-13(4,5)10-3/h1,6H2,2-5H3. The largest absolute Gasteiger partial charge is 0.436 e. The summed E-state index contributed by atoms with van der Waals surface area (Å²) in [6, 6.07) is 0. The zero-order valence-corrected chi connectivity index (χ0v) is 9.55. The Balaban J connectivity index is 3.68. The predicted octanol–water partition coefficient (Wildman–Crippen LogP) is 1.43. The minimum Gasteiger partial charge on any atom is -0.436 e. The number of esters is 1. The summed E-state index contributed by atoms with van der Waals surface area (Å²) in [7, 11) is -0.510. The quantitative estimate of drug-likeness (QED) is 0.294. The molecule has 0 saturated heterocycles. The molecule has 0 saturated carbocycles. The van der Waals surface area contributed by atoms with Crippen molar-refractivity contribution in [3.05, 3.63) is 12.2 Å². The number of carbonyl (C=O) groups excluding carboxylic acids is 1. The SMILES string of the molecule is C=C(C)C(=O)OCO[Si](C)(C)OC. The van der Waals surface area contributed by atoms with Crippen molar-refractivity contribution < 1.29 is 18.4 Å². The molecule has 0 aliphatic carbocycles. The molecule has 0 bridgehead atoms. The van der Waals surface area contributed by atoms with E-state index in [9.17, 15) is 4.79 Å². The van der Waals surface area contributed by atoms with E-state index in [2.05, 4.69) is 6.58 Å². The van der Waals surface area contributed by atoms with Crippen molar-refractivity contribution in [1.82, 2.24) is 0 Å². The normalized spacial score (nSPS) is 11.1. The molecule has 0 rings (SSSR count). The second kappa shape index (κ2) is 5.16. The Kier molecular flexibility index (Phi) is 4.90. The first kappa shape index (κ1) is 12.3. The predicted molar refractivity (Wildman–Crippen MR) is 51.3 cm³/mol. The van der Waals surface area contributed by atoms with Crippen LogP contribution in [-0.4, -0.2) is 28.4 Å². The summed E-state index contributed by atoms with van der Waals surface area (Å²) < 4.78 is 15.0. The van der Waals surface area contributed by atoms with E-state index in [1.807, 2.05) is 13.1 Å². The lowest BCUT2D eigenvalue weighted by Crippen LogP contribution is -2.34. The van der Waals surface area contributed by atoms with Gasteiger partial charge < -0.3 is 13.6 Å². The highest BCUT2D eigenvalue weighted by Gasteiger charge is 2.22. The van der Waals surface area contributed by atoms with Gasteiger partial charge in [0.1, 0.15) is 0 Å². The zero-order chi connectivity index (χ0) is 10.5. The lowest BCUT2D eigenvalue weighted by atomic mass is 10.4. The van der Waals surface area contributed by atoms with E-state index < -0.39 is 14.5 Å². The summed E-state index contributed by atoms with van der Waals surface area (Å²) in [6.45, 7) is 8.68. The number of hydrogen-bond acceptors (Lipinski definition) is 4. The molecule has 0 spiro atoms. The van der Waals surface area contributed by atoms with E-state index in [0.717, 1.165) is 0 Å². The maximum Gasteiger partial charge on any atom is 0.335 e. The fourth-order valence-corrected chi connectivity index (χ4v) is 0.868. The minimum atomic E-state index is -2.09. The molecular formula is C8H16O4Si. The molecule has 5 heteroatoms. The first-order valence-corrected chi connectivity index (χ1v) is 6.72. The molecule has 0 aliphatic rings. The first-order valence-electron chi connectivity index (χ1n) is 3.91. The molecule has 0 aromatic carbocycles. The highest BCUT2D eigenvalue weighted by atomic mass is 28.4. The lowest BCUT2D eigenvalue weighted by molar-refractivity contribution is -0.146. The monoisotopic (exact) mass is 204 g/mol. The van der Waals surface area contributed by atoms with Crippen molar-refractivity contribution in [2.75, 3.05) is 13.9 Å². The number of ether oxygens (including phenoxy) is 1. The summed E-state index contributed by atoms with van der Waals surface area (Å²) in [5.74, 6) is -0.444. The van der Waals surface area contributed by atoms with E-state index in [-0.39, 0.29) is 6.79 Å². The van der Waals surface area contributed by atoms with Gasteiger partial charge in [-0.1, -0.05) is 6.58 Å². The fourth-order valence-electron chi connectivity index (χ4n) is 0.407. The summed E-state index contributed by atoms with van der Waals surface area (Å²) >= 11 is 0. The van der Waals surface area contributed by atoms with Gasteiger partial charge in [-0.15, -0.1) is 0 Å². The van der Waals surface area contributed by atoms with Crippen molar-refractivity contribution in [2.45, 2.75) is 20.0 Å². The highest BCUT2D eigenvalue weighted by molar-refractivity contribution is 6.64. The van der Waals surface area contributed by atoms with Gasteiger partial charge in [0.15, 0.2) is 6.79 Å². The average molecular weight is 204 g/mol. The van der Waals surface area contributed by atoms with Crippen LogP contribution in [0.25, 0.3) is 0 Å². The number of rotatable bonds is 5. The van der Waals surface area contributed by atoms with Crippen molar-refractivity contribution in [1.29, 1.82) is 0 Å². The van der Waals surface area contributed by atoms with Crippen LogP contribution in [0.2, 0.25) is 13.1 Å². The third-order valence-electron chi connectivity index (χ3n) is 1.44. The molecule has 0 amide bonds. The molecular weight excluding hydrogens is 188 g/mol. The van der Waals surface area contributed by atoms with E-state index in [1.165, 1.54) is 0 Å². The van der Waals surface area contributed by atoms with Crippen LogP contribution in [0.3, 0.4) is 0 Å². The van der Waals surface area contributed by atoms with Gasteiger partial charge in [0, 0.05) is 12.7 Å². The molecule has 0 radical (unpaired) electrons. The Bertz CT molecular complexity index is 200. The minimum absolute atomic E-state index is 0.0707. The number of hydrogen-bond donors (Lipinski definition) is 0. The van der Waals surface area contributed by atoms with Crippen molar-refractivity contribution in [3.8, 4) is 0 Å². The van der Waals surface area contributed by atoms with Crippen LogP contribution in [0.15, 0.2) is 12.2 Å². The van der Waals surface area contributed by atoms with E-state index in [4.69, 9.17) is 13.6 Å². The Morgan fingerprint density at radius 2 is 2.00 bits per heavy atom. The molecule has 0 unspecified atom stereocenters. The summed E-state index contributed by atoms with van der Waals surface area (Å²) in [6.07, 6.45) is 0. The molecule has 0 aromatic heterocycles. The zero-order valence-electron chi connectivity index (χ0n) is 8.55. The molecule has 0 aromatic rings. The summed E-state index contributed by atoms with van der Waals surface area (Å²) in [5, 5.41) is 0. The molecule has 0 N–H and O–H groups in total. The van der Waals surface area contributed by atoms with Crippen LogP contribution in [0.1, 0.15) is 6.92 Å². The van der Waals surface area contributed by atoms with Crippen molar-refractivity contribution in [2.24, 2.45) is 0 Å². The van der Waals surface area contributed by atoms with Crippen LogP contribution >= 0.6 is 0 Å². The van der Waals surface area contributed by atoms with Crippen molar-refractivity contribution >= 4 is 14.5 Å². The van der Waals surface area contributed by atoms with Gasteiger partial charge >= 0.3 is 14.5 Å². The average Bonchev–Trinajstić information content (AvgIpc) is 2.04. The van der Waals surface area contributed by atoms with Gasteiger partial charge in [0.2, 0.25) is 0 Å². The van der Waals surface area contributed by atoms with Gasteiger partial charge in [-0.25, -0.2) is 4.79 Å². The van der Waals surface area contributed by atoms with Crippen LogP contribution in [-0.2, 0) is 18.4 Å². The second-order valence-electron chi connectivity index (χ2n) is 3.08. The van der Waals surface area contributed by atoms with Crippen LogP contribution < -0.4 is 0 Å². The Morgan fingerprint density at radius 1 is 1.46 bits per heavy atom. The summed E-state index contributed by atoms with van der Waals surface area (Å²) in [5.41, 5.74) is 0.362. The molecule has 76 valence electrons. The molecule has 0 atom stereocenters. The van der Waals surface area contributed by atoms with Crippen molar-refractivity contribution in [3.63, 3.8) is 0 Å². The Labute approximate surface area is 79.7 Å². The van der Waals surface area contributed by atoms with Gasteiger partial charge in [-0.3, -0.25) is 0 Å². The summed E-state index contributed by atoms with van der Waals surface area (Å²) in [4.78, 5) is 10.9. The molecule has 0 fully saturated rings. The smallest absolute Gasteiger partial charge is 0.335 e. The first-order chi connectivity index (χ1) is 5.89. The number of carbonyl (C=O) groups is 1. The van der Waals surface area contributed by atoms with Crippen LogP contribution in [0.5, 0.6) is 0 Å². The van der Waals surface area contributed by atoms with Crippen LogP contribution in [0.4, 0.5) is 0 Å². The Hall–Kier alpha value is -0.653. The van der Waals surface area contributed by atoms with Gasteiger partial charge in [0.25, 0.3) is 0 Å². The van der Waals surface area contributed by atoms with Gasteiger partial charge in [-0.2, -0.15) is 0 Å². The fraction of sp³-hybridized carbons (Fsp3) is 0.625. The third-order valence-corrected chi connectivity index (χ3v) is 3.23. The van der Waals surface area contributed by atoms with E-state index in [1.54, 1.807) is 14.0 Å². The highest BCUT2D eigenvalue weighted by Crippen LogP contribution is 2.04. The topological polar surface area (TPSA) is 44.8 Å². The van der Waals surface area contributed by atoms with Gasteiger partial charge in [-0.05, 0) is 20.0 Å². The van der Waals surface area contributed by atoms with Gasteiger partial charge in [0.05, 0.1) is 0 Å².